The Bertz CT molecular complexity index is 483. The van der Waals surface area contributed by atoms with E-state index in [1.165, 1.54) is 5.56 Å². The lowest BCUT2D eigenvalue weighted by atomic mass is 10.1. The summed E-state index contributed by atoms with van der Waals surface area (Å²) in [5, 5.41) is 3.91. The maximum absolute atomic E-state index is 5.75. The second kappa shape index (κ2) is 5.04. The number of rotatable bonds is 4. The molecule has 0 fully saturated rings. The van der Waals surface area contributed by atoms with Crippen molar-refractivity contribution in [1.82, 2.24) is 5.16 Å². The molecule has 0 amide bonds. The van der Waals surface area contributed by atoms with E-state index in [4.69, 9.17) is 9.26 Å². The third-order valence-electron chi connectivity index (χ3n) is 2.87. The maximum atomic E-state index is 5.75. The number of aryl methyl sites for hydroxylation is 3. The SMILES string of the molecule is CCc1cccc(OCc2c(C)noc2C)c1. The van der Waals surface area contributed by atoms with Crippen LogP contribution < -0.4 is 4.74 Å². The van der Waals surface area contributed by atoms with Gasteiger partial charge < -0.3 is 9.26 Å². The van der Waals surface area contributed by atoms with E-state index in [1.54, 1.807) is 0 Å². The van der Waals surface area contributed by atoms with Gasteiger partial charge in [0.05, 0.1) is 11.3 Å². The van der Waals surface area contributed by atoms with Crippen LogP contribution in [0.1, 0.15) is 29.5 Å². The minimum absolute atomic E-state index is 0.508. The van der Waals surface area contributed by atoms with Gasteiger partial charge in [-0.05, 0) is 38.0 Å². The van der Waals surface area contributed by atoms with Gasteiger partial charge in [-0.3, -0.25) is 0 Å². The highest BCUT2D eigenvalue weighted by molar-refractivity contribution is 5.29. The van der Waals surface area contributed by atoms with Crippen molar-refractivity contribution in [3.8, 4) is 5.75 Å². The van der Waals surface area contributed by atoms with Gasteiger partial charge in [-0.25, -0.2) is 0 Å². The fourth-order valence-electron chi connectivity index (χ4n) is 1.72. The zero-order valence-electron chi connectivity index (χ0n) is 10.5. The van der Waals surface area contributed by atoms with E-state index in [0.717, 1.165) is 29.2 Å². The molecule has 2 aromatic rings. The molecule has 0 N–H and O–H groups in total. The van der Waals surface area contributed by atoms with Crippen LogP contribution in [0.25, 0.3) is 0 Å². The molecule has 90 valence electrons. The number of hydrogen-bond acceptors (Lipinski definition) is 3. The maximum Gasteiger partial charge on any atom is 0.140 e. The van der Waals surface area contributed by atoms with E-state index >= 15 is 0 Å². The lowest BCUT2D eigenvalue weighted by molar-refractivity contribution is 0.301. The standard InChI is InChI=1S/C14H17NO2/c1-4-12-6-5-7-13(8-12)16-9-14-10(2)15-17-11(14)3/h5-8H,4,9H2,1-3H3. The smallest absolute Gasteiger partial charge is 0.140 e. The molecule has 3 nitrogen and oxygen atoms in total. The van der Waals surface area contributed by atoms with Crippen molar-refractivity contribution >= 4 is 0 Å². The van der Waals surface area contributed by atoms with Gasteiger partial charge >= 0.3 is 0 Å². The van der Waals surface area contributed by atoms with Crippen LogP contribution in [0.2, 0.25) is 0 Å². The summed E-state index contributed by atoms with van der Waals surface area (Å²) in [6, 6.07) is 8.15. The molecule has 0 saturated heterocycles. The monoisotopic (exact) mass is 231 g/mol. The van der Waals surface area contributed by atoms with Gasteiger partial charge in [0, 0.05) is 0 Å². The fourth-order valence-corrected chi connectivity index (χ4v) is 1.72. The summed E-state index contributed by atoms with van der Waals surface area (Å²) in [7, 11) is 0. The molecule has 0 aliphatic carbocycles. The van der Waals surface area contributed by atoms with Gasteiger partial charge in [-0.1, -0.05) is 24.2 Å². The van der Waals surface area contributed by atoms with Crippen molar-refractivity contribution < 1.29 is 9.26 Å². The molecule has 0 atom stereocenters. The van der Waals surface area contributed by atoms with E-state index in [1.807, 2.05) is 26.0 Å². The van der Waals surface area contributed by atoms with Crippen molar-refractivity contribution in [3.05, 3.63) is 46.8 Å². The summed E-state index contributed by atoms with van der Waals surface area (Å²) in [5.41, 5.74) is 3.21. The Labute approximate surface area is 101 Å². The predicted octanol–water partition coefficient (Wildman–Crippen LogP) is 3.43. The van der Waals surface area contributed by atoms with Gasteiger partial charge in [0.15, 0.2) is 0 Å². The fraction of sp³-hybridized carbons (Fsp3) is 0.357. The van der Waals surface area contributed by atoms with Crippen molar-refractivity contribution in [3.63, 3.8) is 0 Å². The average molecular weight is 231 g/mol. The van der Waals surface area contributed by atoms with E-state index in [-0.39, 0.29) is 0 Å². The molecule has 0 unspecified atom stereocenters. The first-order valence-electron chi connectivity index (χ1n) is 5.84. The summed E-state index contributed by atoms with van der Waals surface area (Å²) in [6.07, 6.45) is 1.02. The first kappa shape index (κ1) is 11.7. The molecule has 0 aliphatic heterocycles. The number of benzene rings is 1. The van der Waals surface area contributed by atoms with Crippen LogP contribution in [-0.4, -0.2) is 5.16 Å². The first-order chi connectivity index (χ1) is 8.20. The zero-order chi connectivity index (χ0) is 12.3. The molecule has 1 aromatic carbocycles. The minimum Gasteiger partial charge on any atom is -0.489 e. The van der Waals surface area contributed by atoms with Crippen LogP contribution in [0.15, 0.2) is 28.8 Å². The largest absolute Gasteiger partial charge is 0.489 e. The van der Waals surface area contributed by atoms with Gasteiger partial charge in [0.2, 0.25) is 0 Å². The Hall–Kier alpha value is -1.77. The third-order valence-corrected chi connectivity index (χ3v) is 2.87. The highest BCUT2D eigenvalue weighted by Gasteiger charge is 2.09. The normalized spacial score (nSPS) is 10.5. The van der Waals surface area contributed by atoms with Crippen molar-refractivity contribution in [1.29, 1.82) is 0 Å². The molecule has 3 heteroatoms. The Kier molecular flexibility index (Phi) is 3.47. The Morgan fingerprint density at radius 3 is 2.76 bits per heavy atom. The first-order valence-corrected chi connectivity index (χ1v) is 5.84. The molecule has 17 heavy (non-hydrogen) atoms. The molecular weight excluding hydrogens is 214 g/mol. The van der Waals surface area contributed by atoms with Crippen LogP contribution in [0.5, 0.6) is 5.75 Å². The molecule has 0 bridgehead atoms. The van der Waals surface area contributed by atoms with Crippen LogP contribution in [0.3, 0.4) is 0 Å². The quantitative estimate of drug-likeness (QED) is 0.808. The Morgan fingerprint density at radius 2 is 2.12 bits per heavy atom. The van der Waals surface area contributed by atoms with Gasteiger partial charge in [0.1, 0.15) is 18.1 Å². The third kappa shape index (κ3) is 2.67. The lowest BCUT2D eigenvalue weighted by Crippen LogP contribution is -1.98. The van der Waals surface area contributed by atoms with E-state index in [9.17, 15) is 0 Å². The van der Waals surface area contributed by atoms with Crippen molar-refractivity contribution in [2.45, 2.75) is 33.8 Å². The van der Waals surface area contributed by atoms with Crippen LogP contribution >= 0.6 is 0 Å². The predicted molar refractivity (Wildman–Crippen MR) is 66.1 cm³/mol. The van der Waals surface area contributed by atoms with E-state index < -0.39 is 0 Å². The van der Waals surface area contributed by atoms with Gasteiger partial charge in [0.25, 0.3) is 0 Å². The summed E-state index contributed by atoms with van der Waals surface area (Å²) in [6.45, 7) is 6.47. The van der Waals surface area contributed by atoms with Crippen LogP contribution in [-0.2, 0) is 13.0 Å². The highest BCUT2D eigenvalue weighted by Crippen LogP contribution is 2.18. The van der Waals surface area contributed by atoms with Gasteiger partial charge in [-0.2, -0.15) is 0 Å². The summed E-state index contributed by atoms with van der Waals surface area (Å²) >= 11 is 0. The molecule has 1 heterocycles. The second-order valence-corrected chi connectivity index (χ2v) is 4.09. The second-order valence-electron chi connectivity index (χ2n) is 4.09. The number of hydrogen-bond donors (Lipinski definition) is 0. The minimum atomic E-state index is 0.508. The molecule has 0 radical (unpaired) electrons. The van der Waals surface area contributed by atoms with E-state index in [0.29, 0.717) is 6.61 Å². The molecule has 1 aromatic heterocycles. The van der Waals surface area contributed by atoms with Crippen molar-refractivity contribution in [2.24, 2.45) is 0 Å². The van der Waals surface area contributed by atoms with Crippen LogP contribution in [0.4, 0.5) is 0 Å². The molecular formula is C14H17NO2. The molecule has 0 spiro atoms. The molecule has 0 saturated carbocycles. The topological polar surface area (TPSA) is 35.3 Å². The zero-order valence-corrected chi connectivity index (χ0v) is 10.5. The number of ether oxygens (including phenoxy) is 1. The van der Waals surface area contributed by atoms with Crippen LogP contribution in [0, 0.1) is 13.8 Å². The average Bonchev–Trinajstić information content (AvgIpc) is 2.67. The highest BCUT2D eigenvalue weighted by atomic mass is 16.5. The van der Waals surface area contributed by atoms with Gasteiger partial charge in [-0.15, -0.1) is 0 Å². The van der Waals surface area contributed by atoms with E-state index in [2.05, 4.69) is 24.2 Å². The lowest BCUT2D eigenvalue weighted by Gasteiger charge is -2.07. The Balaban J connectivity index is 2.07. The molecule has 2 rings (SSSR count). The van der Waals surface area contributed by atoms with Crippen molar-refractivity contribution in [2.75, 3.05) is 0 Å². The Morgan fingerprint density at radius 1 is 1.29 bits per heavy atom. The number of nitrogens with zero attached hydrogens (tertiary/aromatic N) is 1. The number of aromatic nitrogens is 1. The summed E-state index contributed by atoms with van der Waals surface area (Å²) in [5.74, 6) is 1.72. The summed E-state index contributed by atoms with van der Waals surface area (Å²) < 4.78 is 10.9. The summed E-state index contributed by atoms with van der Waals surface area (Å²) in [4.78, 5) is 0. The molecule has 0 aliphatic rings.